The SMILES string of the molecule is CC1(C)CN(CC(=O)N2CCN(Cc3cccs3)CC2)CCC1N.Cl.Cl. The first kappa shape index (κ1) is 23.7. The van der Waals surface area contributed by atoms with Crippen molar-refractivity contribution >= 4 is 42.1 Å². The number of hydrogen-bond donors (Lipinski definition) is 1. The summed E-state index contributed by atoms with van der Waals surface area (Å²) in [7, 11) is 0. The highest BCUT2D eigenvalue weighted by atomic mass is 35.5. The summed E-state index contributed by atoms with van der Waals surface area (Å²) in [5.41, 5.74) is 6.29. The maximum absolute atomic E-state index is 12.6. The monoisotopic (exact) mass is 422 g/mol. The van der Waals surface area contributed by atoms with Crippen LogP contribution in [0.3, 0.4) is 0 Å². The molecular weight excluding hydrogens is 391 g/mol. The van der Waals surface area contributed by atoms with Gasteiger partial charge in [0.25, 0.3) is 0 Å². The largest absolute Gasteiger partial charge is 0.339 e. The van der Waals surface area contributed by atoms with Gasteiger partial charge < -0.3 is 10.6 Å². The number of rotatable bonds is 4. The van der Waals surface area contributed by atoms with Crippen LogP contribution in [0.2, 0.25) is 0 Å². The third-order valence-electron chi connectivity index (χ3n) is 5.43. The molecule has 5 nitrogen and oxygen atoms in total. The molecule has 8 heteroatoms. The smallest absolute Gasteiger partial charge is 0.236 e. The van der Waals surface area contributed by atoms with Gasteiger partial charge in [0.1, 0.15) is 0 Å². The van der Waals surface area contributed by atoms with Crippen LogP contribution in [0.4, 0.5) is 0 Å². The number of piperazine rings is 1. The lowest BCUT2D eigenvalue weighted by atomic mass is 9.80. The Kier molecular flexibility index (Phi) is 9.33. The summed E-state index contributed by atoms with van der Waals surface area (Å²) >= 11 is 1.81. The number of halogens is 2. The molecule has 0 spiro atoms. The van der Waals surface area contributed by atoms with Crippen molar-refractivity contribution in [3.63, 3.8) is 0 Å². The Morgan fingerprint density at radius 3 is 2.46 bits per heavy atom. The summed E-state index contributed by atoms with van der Waals surface area (Å²) in [6, 6.07) is 4.53. The Hall–Kier alpha value is -0.370. The van der Waals surface area contributed by atoms with Gasteiger partial charge >= 0.3 is 0 Å². The molecule has 0 radical (unpaired) electrons. The van der Waals surface area contributed by atoms with E-state index in [1.807, 2.05) is 16.2 Å². The lowest BCUT2D eigenvalue weighted by Gasteiger charge is -2.43. The number of nitrogens with two attached hydrogens (primary N) is 1. The van der Waals surface area contributed by atoms with Crippen molar-refractivity contribution in [2.75, 3.05) is 45.8 Å². The van der Waals surface area contributed by atoms with Crippen molar-refractivity contribution in [1.29, 1.82) is 0 Å². The quantitative estimate of drug-likeness (QED) is 0.808. The van der Waals surface area contributed by atoms with Gasteiger partial charge in [0, 0.05) is 56.7 Å². The van der Waals surface area contributed by atoms with Gasteiger partial charge in [0.15, 0.2) is 0 Å². The predicted octanol–water partition coefficient (Wildman–Crippen LogP) is 2.30. The molecule has 2 aliphatic rings. The molecule has 1 aromatic rings. The van der Waals surface area contributed by atoms with Crippen LogP contribution in [-0.2, 0) is 11.3 Å². The first-order valence-electron chi connectivity index (χ1n) is 8.94. The number of nitrogens with zero attached hydrogens (tertiary/aromatic N) is 3. The normalized spacial score (nSPS) is 23.8. The van der Waals surface area contributed by atoms with Crippen LogP contribution < -0.4 is 5.73 Å². The molecule has 0 aliphatic carbocycles. The molecule has 3 heterocycles. The maximum atomic E-state index is 12.6. The van der Waals surface area contributed by atoms with E-state index in [4.69, 9.17) is 5.73 Å². The van der Waals surface area contributed by atoms with Crippen molar-refractivity contribution in [2.24, 2.45) is 11.1 Å². The number of hydrogen-bond acceptors (Lipinski definition) is 5. The molecule has 1 atom stereocenters. The van der Waals surface area contributed by atoms with E-state index in [1.165, 1.54) is 4.88 Å². The highest BCUT2D eigenvalue weighted by Crippen LogP contribution is 2.27. The lowest BCUT2D eigenvalue weighted by molar-refractivity contribution is -0.135. The molecule has 2 saturated heterocycles. The minimum absolute atomic E-state index is 0. The zero-order valence-corrected chi connectivity index (χ0v) is 18.2. The molecular formula is C18H32Cl2N4OS. The van der Waals surface area contributed by atoms with Crippen molar-refractivity contribution < 1.29 is 4.79 Å². The minimum atomic E-state index is 0. The molecule has 1 aromatic heterocycles. The van der Waals surface area contributed by atoms with Gasteiger partial charge in [-0.05, 0) is 23.3 Å². The zero-order chi connectivity index (χ0) is 17.2. The number of likely N-dealkylation sites (tertiary alicyclic amines) is 1. The molecule has 3 rings (SSSR count). The fourth-order valence-corrected chi connectivity index (χ4v) is 4.44. The van der Waals surface area contributed by atoms with E-state index in [0.29, 0.717) is 6.54 Å². The van der Waals surface area contributed by atoms with Gasteiger partial charge in [0.05, 0.1) is 6.54 Å². The molecule has 1 amide bonds. The fraction of sp³-hybridized carbons (Fsp3) is 0.722. The summed E-state index contributed by atoms with van der Waals surface area (Å²) in [5, 5.41) is 2.13. The first-order valence-corrected chi connectivity index (χ1v) is 9.82. The van der Waals surface area contributed by atoms with E-state index < -0.39 is 0 Å². The summed E-state index contributed by atoms with van der Waals surface area (Å²) in [4.78, 5) is 20.8. The average molecular weight is 423 g/mol. The van der Waals surface area contributed by atoms with E-state index in [1.54, 1.807) is 0 Å². The summed E-state index contributed by atoms with van der Waals surface area (Å²) < 4.78 is 0. The molecule has 1 unspecified atom stereocenters. The molecule has 0 aromatic carbocycles. The van der Waals surface area contributed by atoms with E-state index in [2.05, 4.69) is 41.2 Å². The first-order chi connectivity index (χ1) is 11.4. The van der Waals surface area contributed by atoms with Crippen LogP contribution in [0, 0.1) is 5.41 Å². The van der Waals surface area contributed by atoms with Crippen molar-refractivity contribution in [3.8, 4) is 0 Å². The van der Waals surface area contributed by atoms with Crippen molar-refractivity contribution in [2.45, 2.75) is 32.9 Å². The fourth-order valence-electron chi connectivity index (χ4n) is 3.69. The van der Waals surface area contributed by atoms with Crippen molar-refractivity contribution in [1.82, 2.24) is 14.7 Å². The number of piperidine rings is 1. The number of amides is 1. The van der Waals surface area contributed by atoms with Gasteiger partial charge in [0.2, 0.25) is 5.91 Å². The summed E-state index contributed by atoms with van der Waals surface area (Å²) in [5.74, 6) is 0.275. The standard InChI is InChI=1S/C18H30N4OS.2ClH/c1-18(2)14-21(6-5-16(18)19)13-17(23)22-9-7-20(8-10-22)12-15-4-3-11-24-15;;/h3-4,11,16H,5-10,12-14,19H2,1-2H3;2*1H. The zero-order valence-electron chi connectivity index (χ0n) is 15.7. The molecule has 2 fully saturated rings. The van der Waals surface area contributed by atoms with Gasteiger partial charge in [-0.2, -0.15) is 0 Å². The highest BCUT2D eigenvalue weighted by molar-refractivity contribution is 7.09. The van der Waals surface area contributed by atoms with Crippen molar-refractivity contribution in [3.05, 3.63) is 22.4 Å². The van der Waals surface area contributed by atoms with Crippen LogP contribution in [0.5, 0.6) is 0 Å². The van der Waals surface area contributed by atoms with Gasteiger partial charge in [-0.3, -0.25) is 14.6 Å². The third kappa shape index (κ3) is 6.08. The van der Waals surface area contributed by atoms with Gasteiger partial charge in [-0.25, -0.2) is 0 Å². The second kappa shape index (κ2) is 10.2. The van der Waals surface area contributed by atoms with Crippen LogP contribution >= 0.6 is 36.2 Å². The Bertz CT molecular complexity index is 547. The summed E-state index contributed by atoms with van der Waals surface area (Å²) in [6.45, 7) is 11.5. The second-order valence-electron chi connectivity index (χ2n) is 7.83. The van der Waals surface area contributed by atoms with Crippen LogP contribution in [0.25, 0.3) is 0 Å². The highest BCUT2D eigenvalue weighted by Gasteiger charge is 2.34. The molecule has 0 saturated carbocycles. The molecule has 150 valence electrons. The maximum Gasteiger partial charge on any atom is 0.236 e. The van der Waals surface area contributed by atoms with E-state index in [-0.39, 0.29) is 42.2 Å². The third-order valence-corrected chi connectivity index (χ3v) is 6.30. The lowest BCUT2D eigenvalue weighted by Crippen LogP contribution is -2.56. The van der Waals surface area contributed by atoms with Crippen LogP contribution in [0.15, 0.2) is 17.5 Å². The Balaban J connectivity index is 0.00000169. The van der Waals surface area contributed by atoms with Crippen LogP contribution in [-0.4, -0.2) is 72.5 Å². The van der Waals surface area contributed by atoms with E-state index >= 15 is 0 Å². The molecule has 2 N–H and O–H groups in total. The van der Waals surface area contributed by atoms with E-state index in [9.17, 15) is 4.79 Å². The Morgan fingerprint density at radius 1 is 1.19 bits per heavy atom. The summed E-state index contributed by atoms with van der Waals surface area (Å²) in [6.07, 6.45) is 0.981. The van der Waals surface area contributed by atoms with Crippen LogP contribution in [0.1, 0.15) is 25.1 Å². The molecule has 0 bridgehead atoms. The van der Waals surface area contributed by atoms with E-state index in [0.717, 1.165) is 52.2 Å². The Labute approximate surface area is 173 Å². The van der Waals surface area contributed by atoms with Gasteiger partial charge in [-0.15, -0.1) is 36.2 Å². The Morgan fingerprint density at radius 2 is 1.88 bits per heavy atom. The molecule has 2 aliphatic heterocycles. The molecule has 26 heavy (non-hydrogen) atoms. The average Bonchev–Trinajstić information content (AvgIpc) is 3.04. The number of carbonyl (C=O) groups is 1. The minimum Gasteiger partial charge on any atom is -0.339 e. The second-order valence-corrected chi connectivity index (χ2v) is 8.86. The van der Waals surface area contributed by atoms with Gasteiger partial charge in [-0.1, -0.05) is 19.9 Å². The number of carbonyl (C=O) groups excluding carboxylic acids is 1. The number of thiophene rings is 1. The predicted molar refractivity (Wildman–Crippen MR) is 113 cm³/mol. The topological polar surface area (TPSA) is 52.8 Å².